The van der Waals surface area contributed by atoms with Crippen LogP contribution in [0.3, 0.4) is 0 Å². The van der Waals surface area contributed by atoms with E-state index in [0.29, 0.717) is 11.4 Å². The van der Waals surface area contributed by atoms with Gasteiger partial charge in [0.1, 0.15) is 11.6 Å². The first-order valence-electron chi connectivity index (χ1n) is 8.41. The number of nitrogens with one attached hydrogen (secondary N) is 1. The number of aryl methyl sites for hydroxylation is 2. The third-order valence-corrected chi connectivity index (χ3v) is 4.50. The van der Waals surface area contributed by atoms with Crippen LogP contribution in [0.5, 0.6) is 5.75 Å². The number of rotatable bonds is 4. The van der Waals surface area contributed by atoms with Crippen molar-refractivity contribution < 1.29 is 18.7 Å². The van der Waals surface area contributed by atoms with E-state index in [4.69, 9.17) is 4.74 Å². The summed E-state index contributed by atoms with van der Waals surface area (Å²) < 4.78 is 19.3. The minimum Gasteiger partial charge on any atom is -0.495 e. The standard InChI is InChI=1S/C20H21FN2O3/c1-12-4-6-16(15(21)8-12)22-20(25)14-10-19(24)23(11-14)17-9-13(2)5-7-18(17)26-3/h4-9,14H,10-11H2,1-3H3,(H,22,25). The minimum absolute atomic E-state index is 0.0798. The Bertz CT molecular complexity index is 866. The number of halogens is 1. The second-order valence-corrected chi connectivity index (χ2v) is 6.55. The number of nitrogens with zero attached hydrogens (tertiary/aromatic N) is 1. The molecule has 0 saturated carbocycles. The number of carbonyl (C=O) groups is 2. The molecular formula is C20H21FN2O3. The van der Waals surface area contributed by atoms with Gasteiger partial charge in [-0.25, -0.2) is 4.39 Å². The SMILES string of the molecule is COc1ccc(C)cc1N1CC(C(=O)Nc2ccc(C)cc2F)CC1=O. The smallest absolute Gasteiger partial charge is 0.229 e. The van der Waals surface area contributed by atoms with Crippen molar-refractivity contribution in [1.82, 2.24) is 0 Å². The number of anilines is 2. The number of amides is 2. The van der Waals surface area contributed by atoms with E-state index in [0.717, 1.165) is 11.1 Å². The van der Waals surface area contributed by atoms with E-state index in [9.17, 15) is 14.0 Å². The fraction of sp³-hybridized carbons (Fsp3) is 0.300. The van der Waals surface area contributed by atoms with Crippen molar-refractivity contribution in [2.24, 2.45) is 5.92 Å². The van der Waals surface area contributed by atoms with E-state index in [-0.39, 0.29) is 30.5 Å². The summed E-state index contributed by atoms with van der Waals surface area (Å²) >= 11 is 0. The predicted molar refractivity (Wildman–Crippen MR) is 98.0 cm³/mol. The number of ether oxygens (including phenoxy) is 1. The molecule has 1 aliphatic rings. The Labute approximate surface area is 151 Å². The molecule has 1 fully saturated rings. The van der Waals surface area contributed by atoms with Gasteiger partial charge in [-0.3, -0.25) is 9.59 Å². The number of methoxy groups -OCH3 is 1. The Morgan fingerprint density at radius 1 is 1.19 bits per heavy atom. The Balaban J connectivity index is 1.77. The fourth-order valence-electron chi connectivity index (χ4n) is 3.08. The van der Waals surface area contributed by atoms with Crippen LogP contribution in [-0.4, -0.2) is 25.5 Å². The van der Waals surface area contributed by atoms with Gasteiger partial charge in [0.25, 0.3) is 0 Å². The lowest BCUT2D eigenvalue weighted by Crippen LogP contribution is -2.28. The van der Waals surface area contributed by atoms with Gasteiger partial charge in [0.15, 0.2) is 0 Å². The quantitative estimate of drug-likeness (QED) is 0.913. The zero-order chi connectivity index (χ0) is 18.8. The summed E-state index contributed by atoms with van der Waals surface area (Å²) in [7, 11) is 1.54. The molecular weight excluding hydrogens is 335 g/mol. The van der Waals surface area contributed by atoms with Crippen LogP contribution in [0.15, 0.2) is 36.4 Å². The van der Waals surface area contributed by atoms with Gasteiger partial charge in [0.2, 0.25) is 11.8 Å². The average Bonchev–Trinajstić information content (AvgIpc) is 2.99. The zero-order valence-electron chi connectivity index (χ0n) is 15.0. The molecule has 2 amide bonds. The first-order chi connectivity index (χ1) is 12.4. The van der Waals surface area contributed by atoms with E-state index < -0.39 is 11.7 Å². The molecule has 2 aromatic carbocycles. The van der Waals surface area contributed by atoms with Crippen LogP contribution in [0, 0.1) is 25.6 Å². The van der Waals surface area contributed by atoms with Gasteiger partial charge in [-0.05, 0) is 49.2 Å². The van der Waals surface area contributed by atoms with Gasteiger partial charge in [-0.1, -0.05) is 12.1 Å². The van der Waals surface area contributed by atoms with E-state index in [2.05, 4.69) is 5.32 Å². The van der Waals surface area contributed by atoms with Gasteiger partial charge in [-0.2, -0.15) is 0 Å². The molecule has 0 radical (unpaired) electrons. The molecule has 2 aromatic rings. The summed E-state index contributed by atoms with van der Waals surface area (Å²) in [5.74, 6) is -0.975. The molecule has 5 nitrogen and oxygen atoms in total. The Morgan fingerprint density at radius 3 is 2.58 bits per heavy atom. The van der Waals surface area contributed by atoms with Crippen LogP contribution in [0.4, 0.5) is 15.8 Å². The van der Waals surface area contributed by atoms with Crippen molar-refractivity contribution in [1.29, 1.82) is 0 Å². The largest absolute Gasteiger partial charge is 0.495 e. The molecule has 6 heteroatoms. The van der Waals surface area contributed by atoms with Crippen LogP contribution < -0.4 is 15.0 Å². The maximum atomic E-state index is 14.0. The van der Waals surface area contributed by atoms with Gasteiger partial charge in [0, 0.05) is 13.0 Å². The summed E-state index contributed by atoms with van der Waals surface area (Å²) in [5.41, 5.74) is 2.53. The van der Waals surface area contributed by atoms with E-state index in [1.54, 1.807) is 31.1 Å². The lowest BCUT2D eigenvalue weighted by Gasteiger charge is -2.20. The van der Waals surface area contributed by atoms with Crippen LogP contribution in [0.1, 0.15) is 17.5 Å². The third-order valence-electron chi connectivity index (χ3n) is 4.50. The molecule has 1 saturated heterocycles. The van der Waals surface area contributed by atoms with Crippen molar-refractivity contribution in [2.45, 2.75) is 20.3 Å². The highest BCUT2D eigenvalue weighted by Gasteiger charge is 2.36. The molecule has 26 heavy (non-hydrogen) atoms. The Hall–Kier alpha value is -2.89. The summed E-state index contributed by atoms with van der Waals surface area (Å²) in [6.45, 7) is 3.93. The normalized spacial score (nSPS) is 16.7. The molecule has 0 spiro atoms. The third kappa shape index (κ3) is 3.54. The summed E-state index contributed by atoms with van der Waals surface area (Å²) in [6.07, 6.45) is 0.0798. The maximum Gasteiger partial charge on any atom is 0.229 e. The molecule has 136 valence electrons. The summed E-state index contributed by atoms with van der Waals surface area (Å²) in [5, 5.41) is 2.59. The summed E-state index contributed by atoms with van der Waals surface area (Å²) in [4.78, 5) is 26.5. The lowest BCUT2D eigenvalue weighted by molar-refractivity contribution is -0.122. The number of hydrogen-bond donors (Lipinski definition) is 1. The first kappa shape index (κ1) is 17.9. The lowest BCUT2D eigenvalue weighted by atomic mass is 10.1. The molecule has 0 bridgehead atoms. The Morgan fingerprint density at radius 2 is 1.88 bits per heavy atom. The monoisotopic (exact) mass is 356 g/mol. The van der Waals surface area contributed by atoms with Crippen LogP contribution in [-0.2, 0) is 9.59 Å². The van der Waals surface area contributed by atoms with Crippen LogP contribution >= 0.6 is 0 Å². The fourth-order valence-corrected chi connectivity index (χ4v) is 3.08. The molecule has 1 N–H and O–H groups in total. The van der Waals surface area contributed by atoms with Crippen LogP contribution in [0.2, 0.25) is 0 Å². The number of hydrogen-bond acceptors (Lipinski definition) is 3. The van der Waals surface area contributed by atoms with Gasteiger partial charge < -0.3 is 15.0 Å². The van der Waals surface area contributed by atoms with E-state index in [1.165, 1.54) is 12.1 Å². The van der Waals surface area contributed by atoms with Crippen molar-refractivity contribution in [2.75, 3.05) is 23.9 Å². The van der Waals surface area contributed by atoms with Crippen LogP contribution in [0.25, 0.3) is 0 Å². The van der Waals surface area contributed by atoms with Crippen molar-refractivity contribution in [3.8, 4) is 5.75 Å². The van der Waals surface area contributed by atoms with Crippen molar-refractivity contribution in [3.05, 3.63) is 53.3 Å². The van der Waals surface area contributed by atoms with Gasteiger partial charge in [0.05, 0.1) is 24.4 Å². The molecule has 1 atom stereocenters. The van der Waals surface area contributed by atoms with Crippen molar-refractivity contribution in [3.63, 3.8) is 0 Å². The molecule has 1 heterocycles. The highest BCUT2D eigenvalue weighted by molar-refractivity contribution is 6.04. The molecule has 0 aromatic heterocycles. The van der Waals surface area contributed by atoms with E-state index >= 15 is 0 Å². The maximum absolute atomic E-state index is 14.0. The first-order valence-corrected chi connectivity index (χ1v) is 8.41. The highest BCUT2D eigenvalue weighted by Crippen LogP contribution is 2.34. The molecule has 1 aliphatic heterocycles. The number of carbonyl (C=O) groups excluding carboxylic acids is 2. The molecule has 0 aliphatic carbocycles. The highest BCUT2D eigenvalue weighted by atomic mass is 19.1. The molecule has 3 rings (SSSR count). The average molecular weight is 356 g/mol. The minimum atomic E-state index is -0.548. The van der Waals surface area contributed by atoms with Gasteiger partial charge in [-0.15, -0.1) is 0 Å². The molecule has 1 unspecified atom stereocenters. The topological polar surface area (TPSA) is 58.6 Å². The second-order valence-electron chi connectivity index (χ2n) is 6.55. The van der Waals surface area contributed by atoms with Gasteiger partial charge >= 0.3 is 0 Å². The second kappa shape index (κ2) is 7.15. The predicted octanol–water partition coefficient (Wildman–Crippen LogP) is 3.44. The Kier molecular flexibility index (Phi) is 4.93. The van der Waals surface area contributed by atoms with E-state index in [1.807, 2.05) is 19.1 Å². The zero-order valence-corrected chi connectivity index (χ0v) is 15.0. The van der Waals surface area contributed by atoms with Crippen molar-refractivity contribution >= 4 is 23.2 Å². The number of benzene rings is 2. The summed E-state index contributed by atoms with van der Waals surface area (Å²) in [6, 6.07) is 10.2.